The van der Waals surface area contributed by atoms with Gasteiger partial charge in [0.1, 0.15) is 0 Å². The summed E-state index contributed by atoms with van der Waals surface area (Å²) in [6.07, 6.45) is 8.24. The number of carbonyl (C=O) groups is 1. The molecule has 4 bridgehead atoms. The predicted molar refractivity (Wildman–Crippen MR) is 124 cm³/mol. The summed E-state index contributed by atoms with van der Waals surface area (Å²) in [5.41, 5.74) is 3.48. The second-order valence-corrected chi connectivity index (χ2v) is 10.7. The van der Waals surface area contributed by atoms with E-state index in [1.807, 2.05) is 6.07 Å². The SMILES string of the molecule is COc1cc2c(cc1OC)C(c1ccccc1)N(C(=O)C13CC4CC(CC(C4)C1)C3)CC2. The Hall–Kier alpha value is -2.49. The molecule has 0 saturated heterocycles. The first-order valence-corrected chi connectivity index (χ1v) is 12.2. The van der Waals surface area contributed by atoms with Crippen LogP contribution in [0.3, 0.4) is 0 Å². The summed E-state index contributed by atoms with van der Waals surface area (Å²) < 4.78 is 11.2. The molecular weight excluding hydrogens is 398 g/mol. The zero-order valence-electron chi connectivity index (χ0n) is 19.2. The quantitative estimate of drug-likeness (QED) is 0.651. The molecule has 4 aliphatic carbocycles. The van der Waals surface area contributed by atoms with Gasteiger partial charge in [-0.15, -0.1) is 0 Å². The Bertz CT molecular complexity index is 995. The van der Waals surface area contributed by atoms with Crippen LogP contribution in [-0.4, -0.2) is 31.6 Å². The van der Waals surface area contributed by atoms with E-state index in [4.69, 9.17) is 9.47 Å². The molecule has 1 amide bonds. The van der Waals surface area contributed by atoms with Crippen molar-refractivity contribution in [3.05, 3.63) is 59.2 Å². The third kappa shape index (κ3) is 3.06. The molecule has 1 unspecified atom stereocenters. The molecule has 2 aromatic rings. The summed E-state index contributed by atoms with van der Waals surface area (Å²) in [6, 6.07) is 14.7. The van der Waals surface area contributed by atoms with Crippen LogP contribution >= 0.6 is 0 Å². The first kappa shape index (κ1) is 20.1. The lowest BCUT2D eigenvalue weighted by molar-refractivity contribution is -0.159. The van der Waals surface area contributed by atoms with Crippen molar-refractivity contribution in [1.82, 2.24) is 4.90 Å². The summed E-state index contributed by atoms with van der Waals surface area (Å²) in [6.45, 7) is 0.766. The Morgan fingerprint density at radius 1 is 0.906 bits per heavy atom. The fourth-order valence-corrected chi connectivity index (χ4v) is 7.84. The summed E-state index contributed by atoms with van der Waals surface area (Å²) in [4.78, 5) is 16.6. The van der Waals surface area contributed by atoms with E-state index >= 15 is 0 Å². The van der Waals surface area contributed by atoms with Gasteiger partial charge >= 0.3 is 0 Å². The van der Waals surface area contributed by atoms with Gasteiger partial charge in [0.25, 0.3) is 0 Å². The van der Waals surface area contributed by atoms with Crippen LogP contribution in [0.25, 0.3) is 0 Å². The van der Waals surface area contributed by atoms with Gasteiger partial charge in [-0.25, -0.2) is 0 Å². The van der Waals surface area contributed by atoms with E-state index in [0.717, 1.165) is 61.5 Å². The molecule has 168 valence electrons. The molecule has 1 heterocycles. The van der Waals surface area contributed by atoms with Crippen LogP contribution in [0.4, 0.5) is 0 Å². The van der Waals surface area contributed by atoms with Gasteiger partial charge in [-0.3, -0.25) is 4.79 Å². The largest absolute Gasteiger partial charge is 0.493 e. The minimum Gasteiger partial charge on any atom is -0.493 e. The Balaban J connectivity index is 1.43. The summed E-state index contributed by atoms with van der Waals surface area (Å²) in [5, 5.41) is 0. The van der Waals surface area contributed by atoms with Gasteiger partial charge in [0, 0.05) is 6.54 Å². The highest BCUT2D eigenvalue weighted by molar-refractivity contribution is 5.84. The van der Waals surface area contributed by atoms with Gasteiger partial charge in [0.2, 0.25) is 5.91 Å². The monoisotopic (exact) mass is 431 g/mol. The number of fused-ring (bicyclic) bond motifs is 1. The molecule has 32 heavy (non-hydrogen) atoms. The van der Waals surface area contributed by atoms with E-state index in [2.05, 4.69) is 41.3 Å². The van der Waals surface area contributed by atoms with Gasteiger partial charge in [0.05, 0.1) is 25.7 Å². The average Bonchev–Trinajstić information content (AvgIpc) is 2.81. The molecule has 1 atom stereocenters. The molecule has 0 aromatic heterocycles. The average molecular weight is 432 g/mol. The zero-order chi connectivity index (χ0) is 21.9. The fourth-order valence-electron chi connectivity index (χ4n) is 7.84. The first-order chi connectivity index (χ1) is 15.6. The molecule has 4 fully saturated rings. The second kappa shape index (κ2) is 7.54. The minimum absolute atomic E-state index is 0.0692. The van der Waals surface area contributed by atoms with E-state index in [9.17, 15) is 4.79 Å². The highest BCUT2D eigenvalue weighted by atomic mass is 16.5. The van der Waals surface area contributed by atoms with Crippen LogP contribution in [0, 0.1) is 23.2 Å². The highest BCUT2D eigenvalue weighted by Gasteiger charge is 2.56. The maximum absolute atomic E-state index is 14.4. The van der Waals surface area contributed by atoms with Crippen LogP contribution in [0.5, 0.6) is 11.5 Å². The van der Waals surface area contributed by atoms with Crippen LogP contribution in [0.1, 0.15) is 61.3 Å². The smallest absolute Gasteiger partial charge is 0.229 e. The van der Waals surface area contributed by atoms with Crippen molar-refractivity contribution in [2.75, 3.05) is 20.8 Å². The highest BCUT2D eigenvalue weighted by Crippen LogP contribution is 2.61. The number of methoxy groups -OCH3 is 2. The molecule has 7 rings (SSSR count). The third-order valence-electron chi connectivity index (χ3n) is 8.74. The van der Waals surface area contributed by atoms with Crippen LogP contribution in [0.15, 0.2) is 42.5 Å². The molecule has 5 aliphatic rings. The van der Waals surface area contributed by atoms with Crippen molar-refractivity contribution < 1.29 is 14.3 Å². The van der Waals surface area contributed by atoms with Crippen LogP contribution in [0.2, 0.25) is 0 Å². The van der Waals surface area contributed by atoms with Crippen molar-refractivity contribution >= 4 is 5.91 Å². The molecular formula is C28H33NO3. The molecule has 4 saturated carbocycles. The maximum atomic E-state index is 14.4. The van der Waals surface area contributed by atoms with E-state index in [1.165, 1.54) is 36.0 Å². The summed E-state index contributed by atoms with van der Waals surface area (Å²) in [7, 11) is 3.37. The first-order valence-electron chi connectivity index (χ1n) is 12.2. The van der Waals surface area contributed by atoms with Crippen molar-refractivity contribution in [2.45, 2.75) is 51.0 Å². The Morgan fingerprint density at radius 3 is 2.09 bits per heavy atom. The van der Waals surface area contributed by atoms with Crippen LogP contribution in [-0.2, 0) is 11.2 Å². The zero-order valence-corrected chi connectivity index (χ0v) is 19.2. The van der Waals surface area contributed by atoms with Gasteiger partial charge in [-0.2, -0.15) is 0 Å². The van der Waals surface area contributed by atoms with E-state index in [-0.39, 0.29) is 11.5 Å². The molecule has 4 nitrogen and oxygen atoms in total. The number of ether oxygens (including phenoxy) is 2. The fraction of sp³-hybridized carbons (Fsp3) is 0.536. The topological polar surface area (TPSA) is 38.8 Å². The number of carbonyl (C=O) groups excluding carboxylic acids is 1. The summed E-state index contributed by atoms with van der Waals surface area (Å²) in [5.74, 6) is 4.20. The lowest BCUT2D eigenvalue weighted by Crippen LogP contribution is -2.56. The van der Waals surface area contributed by atoms with Gasteiger partial charge in [-0.1, -0.05) is 30.3 Å². The predicted octanol–water partition coefficient (Wildman–Crippen LogP) is 5.39. The number of rotatable bonds is 4. The van der Waals surface area contributed by atoms with Crippen molar-refractivity contribution in [3.8, 4) is 11.5 Å². The van der Waals surface area contributed by atoms with Crippen molar-refractivity contribution in [3.63, 3.8) is 0 Å². The van der Waals surface area contributed by atoms with E-state index in [1.54, 1.807) is 14.2 Å². The number of benzene rings is 2. The minimum atomic E-state index is -0.129. The Labute approximate surface area is 190 Å². The summed E-state index contributed by atoms with van der Waals surface area (Å²) >= 11 is 0. The standard InChI is InChI=1S/C28H33NO3/c1-31-24-13-22-8-9-29(26(21-6-4-3-5-7-21)23(22)14-25(24)32-2)27(30)28-15-18-10-19(16-28)12-20(11-18)17-28/h3-7,13-14,18-20,26H,8-12,15-17H2,1-2H3. The van der Waals surface area contributed by atoms with E-state index < -0.39 is 0 Å². The van der Waals surface area contributed by atoms with Crippen molar-refractivity contribution in [1.29, 1.82) is 0 Å². The number of nitrogens with zero attached hydrogens (tertiary/aromatic N) is 1. The molecule has 2 aromatic carbocycles. The van der Waals surface area contributed by atoms with Gasteiger partial charge < -0.3 is 14.4 Å². The number of hydrogen-bond donors (Lipinski definition) is 0. The molecule has 1 aliphatic heterocycles. The number of amides is 1. The molecule has 0 radical (unpaired) electrons. The lowest BCUT2D eigenvalue weighted by atomic mass is 9.49. The Kier molecular flexibility index (Phi) is 4.74. The second-order valence-electron chi connectivity index (χ2n) is 10.7. The normalized spacial score (nSPS) is 32.5. The number of hydrogen-bond acceptors (Lipinski definition) is 3. The van der Waals surface area contributed by atoms with Crippen molar-refractivity contribution in [2.24, 2.45) is 23.2 Å². The van der Waals surface area contributed by atoms with Gasteiger partial charge in [0.15, 0.2) is 11.5 Å². The van der Waals surface area contributed by atoms with Crippen LogP contribution < -0.4 is 9.47 Å². The maximum Gasteiger partial charge on any atom is 0.229 e. The molecule has 0 N–H and O–H groups in total. The lowest BCUT2D eigenvalue weighted by Gasteiger charge is -2.57. The third-order valence-corrected chi connectivity index (χ3v) is 8.74. The van der Waals surface area contributed by atoms with E-state index in [0.29, 0.717) is 5.91 Å². The molecule has 4 heteroatoms. The Morgan fingerprint density at radius 2 is 1.50 bits per heavy atom. The van der Waals surface area contributed by atoms with Gasteiger partial charge in [-0.05, 0) is 91.5 Å². The molecule has 0 spiro atoms.